The summed E-state index contributed by atoms with van der Waals surface area (Å²) in [5.74, 6) is -0.216. The number of oxazole rings is 1. The summed E-state index contributed by atoms with van der Waals surface area (Å²) in [7, 11) is 1.71. The summed E-state index contributed by atoms with van der Waals surface area (Å²) in [4.78, 5) is 42.8. The average molecular weight is 547 g/mol. The van der Waals surface area contributed by atoms with Gasteiger partial charge in [-0.25, -0.2) is 9.97 Å². The fourth-order valence-corrected chi connectivity index (χ4v) is 5.96. The van der Waals surface area contributed by atoms with Crippen molar-refractivity contribution in [2.75, 3.05) is 19.6 Å². The summed E-state index contributed by atoms with van der Waals surface area (Å²) in [6, 6.07) is 4.94. The van der Waals surface area contributed by atoms with E-state index < -0.39 is 11.3 Å². The minimum Gasteiger partial charge on any atom is -0.439 e. The monoisotopic (exact) mass is 546 g/mol. The Labute approximate surface area is 226 Å². The highest BCUT2D eigenvalue weighted by molar-refractivity contribution is 7.09. The second-order valence-corrected chi connectivity index (χ2v) is 10.5. The molecule has 6 rings (SSSR count). The summed E-state index contributed by atoms with van der Waals surface area (Å²) < 4.78 is 6.19. The lowest BCUT2D eigenvalue weighted by molar-refractivity contribution is -0.139. The van der Waals surface area contributed by atoms with E-state index in [2.05, 4.69) is 30.7 Å². The van der Waals surface area contributed by atoms with Gasteiger partial charge in [-0.1, -0.05) is 6.07 Å². The lowest BCUT2D eigenvalue weighted by Gasteiger charge is -2.43. The molecule has 1 aromatic carbocycles. The Morgan fingerprint density at radius 3 is 2.97 bits per heavy atom. The second-order valence-electron chi connectivity index (χ2n) is 9.54. The largest absolute Gasteiger partial charge is 0.439 e. The van der Waals surface area contributed by atoms with Gasteiger partial charge in [0.05, 0.1) is 25.4 Å². The molecule has 200 valence electrons. The number of aliphatic imine (C=N–C) groups is 1. The average Bonchev–Trinajstić information content (AvgIpc) is 3.71. The van der Waals surface area contributed by atoms with Gasteiger partial charge in [0.1, 0.15) is 15.9 Å². The van der Waals surface area contributed by atoms with Crippen molar-refractivity contribution in [2.45, 2.75) is 30.2 Å². The Bertz CT molecular complexity index is 1580. The number of fused-ring (bicyclic) bond motifs is 1. The van der Waals surface area contributed by atoms with Crippen LogP contribution in [-0.2, 0) is 28.5 Å². The van der Waals surface area contributed by atoms with Crippen LogP contribution < -0.4 is 11.1 Å². The molecule has 2 aliphatic rings. The zero-order valence-electron chi connectivity index (χ0n) is 21.1. The highest BCUT2D eigenvalue weighted by atomic mass is 32.1. The maximum absolute atomic E-state index is 14.6. The van der Waals surface area contributed by atoms with Crippen molar-refractivity contribution in [1.29, 1.82) is 0 Å². The molecular formula is C25H26N10O3S. The first-order valence-corrected chi connectivity index (χ1v) is 13.4. The first-order valence-electron chi connectivity index (χ1n) is 12.5. The number of hydrogen-bond donors (Lipinski definition) is 2. The molecule has 0 saturated carbocycles. The van der Waals surface area contributed by atoms with Gasteiger partial charge in [0.2, 0.25) is 17.7 Å². The van der Waals surface area contributed by atoms with Crippen LogP contribution in [0.1, 0.15) is 34.6 Å². The summed E-state index contributed by atoms with van der Waals surface area (Å²) in [5, 5.41) is 18.9. The minimum atomic E-state index is -1.20. The molecule has 5 heterocycles. The number of thiazole rings is 1. The lowest BCUT2D eigenvalue weighted by Crippen LogP contribution is -2.60. The Balaban J connectivity index is 1.41. The summed E-state index contributed by atoms with van der Waals surface area (Å²) in [6.07, 6.45) is 7.16. The van der Waals surface area contributed by atoms with E-state index >= 15 is 0 Å². The van der Waals surface area contributed by atoms with E-state index in [1.165, 1.54) is 16.1 Å². The normalized spacial score (nSPS) is 21.9. The zero-order chi connectivity index (χ0) is 27.0. The molecule has 2 amide bonds. The molecule has 3 unspecified atom stereocenters. The van der Waals surface area contributed by atoms with E-state index in [-0.39, 0.29) is 36.6 Å². The van der Waals surface area contributed by atoms with Gasteiger partial charge in [-0.3, -0.25) is 14.6 Å². The second kappa shape index (κ2) is 10.1. The molecule has 3 aromatic heterocycles. The number of aromatic nitrogens is 6. The van der Waals surface area contributed by atoms with Crippen molar-refractivity contribution in [3.63, 3.8) is 0 Å². The van der Waals surface area contributed by atoms with Crippen LogP contribution in [0, 0.1) is 0 Å². The molecule has 0 radical (unpaired) electrons. The van der Waals surface area contributed by atoms with Gasteiger partial charge in [0.25, 0.3) is 0 Å². The van der Waals surface area contributed by atoms with Crippen LogP contribution in [0.5, 0.6) is 0 Å². The lowest BCUT2D eigenvalue weighted by atomic mass is 9.80. The van der Waals surface area contributed by atoms with Gasteiger partial charge in [0.15, 0.2) is 11.4 Å². The maximum atomic E-state index is 14.6. The number of tetrazole rings is 1. The van der Waals surface area contributed by atoms with Gasteiger partial charge in [-0.15, -0.1) is 21.5 Å². The molecule has 0 bridgehead atoms. The van der Waals surface area contributed by atoms with Crippen LogP contribution in [-0.4, -0.2) is 78.8 Å². The van der Waals surface area contributed by atoms with Gasteiger partial charge >= 0.3 is 0 Å². The van der Waals surface area contributed by atoms with E-state index in [0.29, 0.717) is 36.6 Å². The van der Waals surface area contributed by atoms with Crippen LogP contribution in [0.2, 0.25) is 0 Å². The molecular weight excluding hydrogens is 520 g/mol. The van der Waals surface area contributed by atoms with E-state index in [1.54, 1.807) is 49.9 Å². The number of piperazine rings is 1. The Morgan fingerprint density at radius 1 is 1.36 bits per heavy atom. The number of nitrogens with two attached hydrogens (primary N) is 1. The highest BCUT2D eigenvalue weighted by Crippen LogP contribution is 2.38. The minimum absolute atomic E-state index is 0.0891. The molecule has 0 aliphatic carbocycles. The number of benzene rings is 1. The van der Waals surface area contributed by atoms with Crippen LogP contribution in [0.3, 0.4) is 0 Å². The van der Waals surface area contributed by atoms with Crippen molar-refractivity contribution in [1.82, 2.24) is 40.4 Å². The van der Waals surface area contributed by atoms with Gasteiger partial charge in [-0.05, 0) is 29.0 Å². The number of primary amides is 1. The number of rotatable bonds is 7. The molecule has 3 N–H and O–H groups in total. The summed E-state index contributed by atoms with van der Waals surface area (Å²) >= 11 is 1.49. The highest BCUT2D eigenvalue weighted by Gasteiger charge is 2.49. The van der Waals surface area contributed by atoms with Crippen molar-refractivity contribution in [3.8, 4) is 0 Å². The maximum Gasteiger partial charge on any atom is 0.242 e. The van der Waals surface area contributed by atoms with Crippen molar-refractivity contribution >= 4 is 40.5 Å². The Hall–Kier alpha value is -4.30. The first-order chi connectivity index (χ1) is 18.9. The number of aryl methyl sites for hydroxylation is 1. The summed E-state index contributed by atoms with van der Waals surface area (Å²) in [5.41, 5.74) is 5.95. The predicted molar refractivity (Wildman–Crippen MR) is 142 cm³/mol. The quantitative estimate of drug-likeness (QED) is 0.338. The van der Waals surface area contributed by atoms with Gasteiger partial charge in [0, 0.05) is 50.0 Å². The number of amides is 2. The van der Waals surface area contributed by atoms with Gasteiger partial charge in [-0.2, -0.15) is 4.80 Å². The Morgan fingerprint density at radius 2 is 2.26 bits per heavy atom. The van der Waals surface area contributed by atoms with E-state index in [4.69, 9.17) is 15.1 Å². The number of nitrogens with zero attached hydrogens (tertiary/aromatic N) is 8. The van der Waals surface area contributed by atoms with Crippen LogP contribution in [0.15, 0.2) is 51.5 Å². The van der Waals surface area contributed by atoms with Crippen molar-refractivity contribution in [2.24, 2.45) is 17.8 Å². The molecule has 14 heteroatoms. The molecule has 0 spiro atoms. The Kier molecular flexibility index (Phi) is 6.48. The number of carbonyl (C=O) groups excluding carboxylic acids is 2. The molecule has 13 nitrogen and oxygen atoms in total. The molecule has 3 atom stereocenters. The SMILES string of the molecule is Cn1nnc(C(c2nccs2)C2CNCCN2C(=O)C2(c3nc4cc(CC(N)=O)ccc4o3)C=CN=CC2)n1. The van der Waals surface area contributed by atoms with Crippen molar-refractivity contribution in [3.05, 3.63) is 64.3 Å². The van der Waals surface area contributed by atoms with Crippen molar-refractivity contribution < 1.29 is 14.0 Å². The van der Waals surface area contributed by atoms with Crippen LogP contribution >= 0.6 is 11.3 Å². The van der Waals surface area contributed by atoms with E-state index in [1.807, 2.05) is 10.3 Å². The standard InChI is InChI=1S/C25H26N10O3S/c1-34-32-21(31-33-34)20(22-29-9-11-39-22)17-14-28-8-10-35(17)24(37)25(4-6-27-7-5-25)23-30-16-12-15(13-19(26)36)2-3-18(16)38-23/h2-4,6-7,9,11-12,17,20,28H,5,8,10,13-14H2,1H3,(H2,26,36). The fraction of sp³-hybridized carbons (Fsp3) is 0.360. The topological polar surface area (TPSA) is 170 Å². The van der Waals surface area contributed by atoms with Gasteiger partial charge < -0.3 is 20.4 Å². The summed E-state index contributed by atoms with van der Waals surface area (Å²) in [6.45, 7) is 1.60. The molecule has 1 saturated heterocycles. The molecule has 4 aromatic rings. The molecule has 39 heavy (non-hydrogen) atoms. The third-order valence-corrected chi connectivity index (χ3v) is 7.86. The smallest absolute Gasteiger partial charge is 0.242 e. The molecule has 1 fully saturated rings. The van der Waals surface area contributed by atoms with E-state index in [0.717, 1.165) is 10.6 Å². The third-order valence-electron chi connectivity index (χ3n) is 7.01. The number of nitrogens with one attached hydrogen (secondary N) is 1. The molecule has 2 aliphatic heterocycles. The first kappa shape index (κ1) is 25.0. The third kappa shape index (κ3) is 4.61. The number of hydrogen-bond acceptors (Lipinski definition) is 11. The zero-order valence-corrected chi connectivity index (χ0v) is 21.9. The number of carbonyl (C=O) groups is 2. The van der Waals surface area contributed by atoms with Crippen LogP contribution in [0.4, 0.5) is 0 Å². The fourth-order valence-electron chi connectivity index (χ4n) is 5.17. The van der Waals surface area contributed by atoms with E-state index in [9.17, 15) is 9.59 Å². The van der Waals surface area contributed by atoms with Crippen LogP contribution in [0.25, 0.3) is 11.1 Å². The predicted octanol–water partition coefficient (Wildman–Crippen LogP) is 0.694.